The summed E-state index contributed by atoms with van der Waals surface area (Å²) in [6.45, 7) is 0.775. The topological polar surface area (TPSA) is 29.9 Å². The van der Waals surface area contributed by atoms with Gasteiger partial charge in [0.2, 0.25) is 0 Å². The van der Waals surface area contributed by atoms with Crippen LogP contribution in [0, 0.1) is 0 Å². The quantitative estimate of drug-likeness (QED) is 0.841. The molecule has 0 saturated carbocycles. The van der Waals surface area contributed by atoms with Gasteiger partial charge in [-0.1, -0.05) is 23.2 Å². The number of hydrogen-bond acceptors (Lipinski definition) is 2. The van der Waals surface area contributed by atoms with Gasteiger partial charge in [0.05, 0.1) is 15.7 Å². The molecule has 0 atom stereocenters. The molecule has 0 amide bonds. The molecule has 0 unspecified atom stereocenters. The van der Waals surface area contributed by atoms with Crippen LogP contribution in [0.1, 0.15) is 5.69 Å². The molecule has 96 valence electrons. The van der Waals surface area contributed by atoms with Crippen molar-refractivity contribution in [1.29, 1.82) is 0 Å². The van der Waals surface area contributed by atoms with Gasteiger partial charge in [-0.2, -0.15) is 5.10 Å². The molecule has 0 bridgehead atoms. The summed E-state index contributed by atoms with van der Waals surface area (Å²) in [5.41, 5.74) is 2.01. The van der Waals surface area contributed by atoms with E-state index in [0.717, 1.165) is 23.1 Å². The van der Waals surface area contributed by atoms with Crippen molar-refractivity contribution in [2.45, 2.75) is 6.42 Å². The molecule has 0 radical (unpaired) electrons. The van der Waals surface area contributed by atoms with E-state index in [2.05, 4.69) is 26.3 Å². The zero-order valence-electron chi connectivity index (χ0n) is 9.75. The van der Waals surface area contributed by atoms with Crippen LogP contribution in [-0.4, -0.2) is 16.3 Å². The van der Waals surface area contributed by atoms with Crippen molar-refractivity contribution in [3.63, 3.8) is 0 Å². The Morgan fingerprint density at radius 1 is 1.28 bits per heavy atom. The molecule has 6 heteroatoms. The molecule has 0 aliphatic heterocycles. The lowest BCUT2D eigenvalue weighted by molar-refractivity contribution is 0.711. The van der Waals surface area contributed by atoms with Crippen LogP contribution in [0.25, 0.3) is 0 Å². The van der Waals surface area contributed by atoms with E-state index >= 15 is 0 Å². The van der Waals surface area contributed by atoms with E-state index in [1.165, 1.54) is 5.69 Å². The molecular formula is C12H12BrCl2N3. The highest BCUT2D eigenvalue weighted by Gasteiger charge is 2.08. The molecule has 3 nitrogen and oxygen atoms in total. The van der Waals surface area contributed by atoms with E-state index in [9.17, 15) is 0 Å². The highest BCUT2D eigenvalue weighted by molar-refractivity contribution is 9.10. The first-order valence-corrected chi connectivity index (χ1v) is 6.98. The highest BCUT2D eigenvalue weighted by Crippen LogP contribution is 2.35. The van der Waals surface area contributed by atoms with Gasteiger partial charge in [-0.15, -0.1) is 0 Å². The van der Waals surface area contributed by atoms with Crippen molar-refractivity contribution < 1.29 is 0 Å². The SMILES string of the molecule is Cn1nccc1CCNc1ccc(Br)c(Cl)c1Cl. The minimum atomic E-state index is 0.530. The van der Waals surface area contributed by atoms with Crippen LogP contribution in [0.3, 0.4) is 0 Å². The van der Waals surface area contributed by atoms with Crippen molar-refractivity contribution in [2.75, 3.05) is 11.9 Å². The third-order valence-corrected chi connectivity index (χ3v) is 4.43. The van der Waals surface area contributed by atoms with Gasteiger partial charge in [-0.3, -0.25) is 4.68 Å². The lowest BCUT2D eigenvalue weighted by atomic mass is 10.2. The number of halogens is 3. The zero-order chi connectivity index (χ0) is 13.1. The lowest BCUT2D eigenvalue weighted by Crippen LogP contribution is -2.08. The molecule has 1 aromatic carbocycles. The predicted molar refractivity (Wildman–Crippen MR) is 79.6 cm³/mol. The van der Waals surface area contributed by atoms with Crippen LogP contribution in [-0.2, 0) is 13.5 Å². The van der Waals surface area contributed by atoms with E-state index in [1.807, 2.05) is 29.9 Å². The van der Waals surface area contributed by atoms with Gasteiger partial charge in [-0.25, -0.2) is 0 Å². The molecule has 0 aliphatic rings. The van der Waals surface area contributed by atoms with Crippen molar-refractivity contribution in [2.24, 2.45) is 7.05 Å². The van der Waals surface area contributed by atoms with Crippen LogP contribution in [0.5, 0.6) is 0 Å². The molecule has 1 heterocycles. The Balaban J connectivity index is 1.99. The lowest BCUT2D eigenvalue weighted by Gasteiger charge is -2.10. The standard InChI is InChI=1S/C12H12BrCl2N3/c1-18-8(5-7-17-18)4-6-16-10-3-2-9(13)11(14)12(10)15/h2-3,5,7,16H,4,6H2,1H3. The fourth-order valence-electron chi connectivity index (χ4n) is 1.63. The van der Waals surface area contributed by atoms with Crippen molar-refractivity contribution in [1.82, 2.24) is 9.78 Å². The van der Waals surface area contributed by atoms with E-state index in [4.69, 9.17) is 23.2 Å². The van der Waals surface area contributed by atoms with Gasteiger partial charge in [0.1, 0.15) is 0 Å². The van der Waals surface area contributed by atoms with E-state index in [-0.39, 0.29) is 0 Å². The van der Waals surface area contributed by atoms with Gasteiger partial charge in [0.15, 0.2) is 0 Å². The summed E-state index contributed by atoms with van der Waals surface area (Å²) in [5.74, 6) is 0. The summed E-state index contributed by atoms with van der Waals surface area (Å²) in [7, 11) is 1.93. The molecular weight excluding hydrogens is 337 g/mol. The number of rotatable bonds is 4. The third-order valence-electron chi connectivity index (χ3n) is 2.65. The molecule has 2 rings (SSSR count). The summed E-state index contributed by atoms with van der Waals surface area (Å²) >= 11 is 15.5. The summed E-state index contributed by atoms with van der Waals surface area (Å²) < 4.78 is 2.66. The number of aromatic nitrogens is 2. The van der Waals surface area contributed by atoms with E-state index in [1.54, 1.807) is 6.20 Å². The Labute approximate surface area is 124 Å². The number of aryl methyl sites for hydroxylation is 1. The molecule has 1 aromatic heterocycles. The second-order valence-electron chi connectivity index (χ2n) is 3.85. The maximum Gasteiger partial charge on any atom is 0.0835 e. The molecule has 0 fully saturated rings. The van der Waals surface area contributed by atoms with Gasteiger partial charge in [0.25, 0.3) is 0 Å². The maximum absolute atomic E-state index is 6.15. The summed E-state index contributed by atoms with van der Waals surface area (Å²) in [6.07, 6.45) is 2.67. The Morgan fingerprint density at radius 3 is 2.72 bits per heavy atom. The largest absolute Gasteiger partial charge is 0.383 e. The summed E-state index contributed by atoms with van der Waals surface area (Å²) in [5, 5.41) is 8.46. The van der Waals surface area contributed by atoms with Gasteiger partial charge in [-0.05, 0) is 34.1 Å². The Bertz CT molecular complexity index is 554. The molecule has 0 spiro atoms. The summed E-state index contributed by atoms with van der Waals surface area (Å²) in [6, 6.07) is 5.78. The number of benzene rings is 1. The van der Waals surface area contributed by atoms with Crippen molar-refractivity contribution in [3.8, 4) is 0 Å². The Kier molecular flexibility index (Phi) is 4.54. The van der Waals surface area contributed by atoms with Gasteiger partial charge < -0.3 is 5.32 Å². The molecule has 0 aliphatic carbocycles. The number of hydrogen-bond donors (Lipinski definition) is 1. The molecule has 1 N–H and O–H groups in total. The second-order valence-corrected chi connectivity index (χ2v) is 5.46. The van der Waals surface area contributed by atoms with Crippen LogP contribution in [0.2, 0.25) is 10.0 Å². The monoisotopic (exact) mass is 347 g/mol. The first kappa shape index (κ1) is 13.7. The van der Waals surface area contributed by atoms with Crippen LogP contribution < -0.4 is 5.32 Å². The smallest absolute Gasteiger partial charge is 0.0835 e. The van der Waals surface area contributed by atoms with Gasteiger partial charge in [0, 0.05) is 36.4 Å². The fraction of sp³-hybridized carbons (Fsp3) is 0.250. The second kappa shape index (κ2) is 5.95. The number of nitrogens with zero attached hydrogens (tertiary/aromatic N) is 2. The van der Waals surface area contributed by atoms with Crippen molar-refractivity contribution in [3.05, 3.63) is 44.6 Å². The first-order chi connectivity index (χ1) is 8.59. The minimum absolute atomic E-state index is 0.530. The number of nitrogens with one attached hydrogen (secondary N) is 1. The average molecular weight is 349 g/mol. The minimum Gasteiger partial charge on any atom is -0.383 e. The number of anilines is 1. The maximum atomic E-state index is 6.15. The average Bonchev–Trinajstić information content (AvgIpc) is 2.75. The predicted octanol–water partition coefficient (Wildman–Crippen LogP) is 4.14. The third kappa shape index (κ3) is 2.99. The van der Waals surface area contributed by atoms with Crippen LogP contribution in [0.4, 0.5) is 5.69 Å². The molecule has 18 heavy (non-hydrogen) atoms. The highest BCUT2D eigenvalue weighted by atomic mass is 79.9. The zero-order valence-corrected chi connectivity index (χ0v) is 12.8. The molecule has 0 saturated heterocycles. The first-order valence-electron chi connectivity index (χ1n) is 5.44. The Morgan fingerprint density at radius 2 is 2.06 bits per heavy atom. The van der Waals surface area contributed by atoms with Gasteiger partial charge >= 0.3 is 0 Å². The van der Waals surface area contributed by atoms with Crippen molar-refractivity contribution >= 4 is 44.8 Å². The van der Waals surface area contributed by atoms with E-state index < -0.39 is 0 Å². The summed E-state index contributed by atoms with van der Waals surface area (Å²) in [4.78, 5) is 0. The fourth-order valence-corrected chi connectivity index (χ4v) is 2.48. The van der Waals surface area contributed by atoms with Crippen LogP contribution in [0.15, 0.2) is 28.9 Å². The normalized spacial score (nSPS) is 10.7. The molecule has 2 aromatic rings. The Hall–Kier alpha value is -0.710. The van der Waals surface area contributed by atoms with E-state index in [0.29, 0.717) is 10.0 Å². The van der Waals surface area contributed by atoms with Crippen LogP contribution >= 0.6 is 39.1 Å².